The number of nitrogens with one attached hydrogen (secondary N) is 1. The fraction of sp³-hybridized carbons (Fsp3) is 0.167. The van der Waals surface area contributed by atoms with Crippen molar-refractivity contribution < 1.29 is 27.7 Å². The van der Waals surface area contributed by atoms with E-state index >= 15 is 0 Å². The van der Waals surface area contributed by atoms with Gasteiger partial charge in [0.25, 0.3) is 21.6 Å². The van der Waals surface area contributed by atoms with Gasteiger partial charge in [-0.1, -0.05) is 23.8 Å². The average molecular weight is 498 g/mol. The van der Waals surface area contributed by atoms with Gasteiger partial charge in [-0.3, -0.25) is 19.2 Å². The van der Waals surface area contributed by atoms with Crippen molar-refractivity contribution in [2.45, 2.75) is 18.7 Å². The van der Waals surface area contributed by atoms with Gasteiger partial charge in [0.15, 0.2) is 6.61 Å². The van der Waals surface area contributed by atoms with Crippen molar-refractivity contribution in [1.82, 2.24) is 0 Å². The Balaban J connectivity index is 1.61. The first-order valence-corrected chi connectivity index (χ1v) is 11.8. The molecule has 0 aliphatic heterocycles. The van der Waals surface area contributed by atoms with Crippen LogP contribution in [0.1, 0.15) is 21.5 Å². The summed E-state index contributed by atoms with van der Waals surface area (Å²) in [6, 6.07) is 16.3. The molecule has 0 heterocycles. The van der Waals surface area contributed by atoms with Gasteiger partial charge in [0.1, 0.15) is 0 Å². The number of nitro groups is 1. The minimum atomic E-state index is -3.78. The third kappa shape index (κ3) is 6.01. The molecule has 3 aromatic carbocycles. The number of nitro benzene ring substituents is 1. The highest BCUT2D eigenvalue weighted by molar-refractivity contribution is 7.92. The molecular formula is C24H23N3O7S. The van der Waals surface area contributed by atoms with E-state index in [9.17, 15) is 28.1 Å². The van der Waals surface area contributed by atoms with E-state index in [-0.39, 0.29) is 21.8 Å². The lowest BCUT2D eigenvalue weighted by Gasteiger charge is -2.19. The summed E-state index contributed by atoms with van der Waals surface area (Å²) in [5.74, 6) is -1.46. The molecular weight excluding hydrogens is 474 g/mol. The fourth-order valence-electron chi connectivity index (χ4n) is 3.11. The van der Waals surface area contributed by atoms with Crippen LogP contribution in [0.5, 0.6) is 0 Å². The second-order valence-electron chi connectivity index (χ2n) is 7.72. The molecule has 10 nitrogen and oxygen atoms in total. The topological polar surface area (TPSA) is 136 Å². The molecule has 0 bridgehead atoms. The van der Waals surface area contributed by atoms with Gasteiger partial charge >= 0.3 is 5.97 Å². The molecule has 35 heavy (non-hydrogen) atoms. The number of ether oxygens (including phenoxy) is 1. The lowest BCUT2D eigenvalue weighted by atomic mass is 10.2. The molecule has 0 fully saturated rings. The van der Waals surface area contributed by atoms with Gasteiger partial charge < -0.3 is 10.1 Å². The normalized spacial score (nSPS) is 10.9. The maximum atomic E-state index is 12.8. The van der Waals surface area contributed by atoms with Gasteiger partial charge in [0.2, 0.25) is 0 Å². The first-order chi connectivity index (χ1) is 16.5. The first kappa shape index (κ1) is 25.4. The highest BCUT2D eigenvalue weighted by Gasteiger charge is 2.21. The largest absolute Gasteiger partial charge is 0.452 e. The Kier molecular flexibility index (Phi) is 7.50. The summed E-state index contributed by atoms with van der Waals surface area (Å²) in [5, 5.41) is 13.5. The Morgan fingerprint density at radius 2 is 1.63 bits per heavy atom. The van der Waals surface area contributed by atoms with E-state index in [0.717, 1.165) is 9.87 Å². The second-order valence-corrected chi connectivity index (χ2v) is 9.68. The number of esters is 1. The fourth-order valence-corrected chi connectivity index (χ4v) is 4.31. The molecule has 0 aromatic heterocycles. The maximum Gasteiger partial charge on any atom is 0.338 e. The van der Waals surface area contributed by atoms with E-state index < -0.39 is 33.4 Å². The second kappa shape index (κ2) is 10.3. The van der Waals surface area contributed by atoms with Crippen molar-refractivity contribution in [2.75, 3.05) is 23.3 Å². The van der Waals surface area contributed by atoms with Crippen molar-refractivity contribution in [3.63, 3.8) is 0 Å². The Labute approximate surface area is 202 Å². The number of nitrogens with zero attached hydrogens (tertiary/aromatic N) is 2. The first-order valence-electron chi connectivity index (χ1n) is 10.4. The van der Waals surface area contributed by atoms with Crippen LogP contribution in [0.2, 0.25) is 0 Å². The van der Waals surface area contributed by atoms with Crippen molar-refractivity contribution >= 4 is 39.0 Å². The Bertz CT molecular complexity index is 1370. The van der Waals surface area contributed by atoms with Gasteiger partial charge in [-0.05, 0) is 56.3 Å². The molecule has 0 aliphatic rings. The van der Waals surface area contributed by atoms with E-state index in [1.807, 2.05) is 6.92 Å². The van der Waals surface area contributed by atoms with Crippen LogP contribution in [0.15, 0.2) is 71.6 Å². The summed E-state index contributed by atoms with van der Waals surface area (Å²) < 4.78 is 31.7. The Hall–Kier alpha value is -4.25. The number of hydrogen-bond acceptors (Lipinski definition) is 7. The third-order valence-corrected chi connectivity index (χ3v) is 6.97. The van der Waals surface area contributed by atoms with E-state index in [1.165, 1.54) is 61.6 Å². The molecule has 3 aromatic rings. The van der Waals surface area contributed by atoms with Crippen molar-refractivity contribution in [3.8, 4) is 0 Å². The van der Waals surface area contributed by atoms with Crippen LogP contribution in [-0.4, -0.2) is 38.9 Å². The standard InChI is InChI=1S/C24H23N3O7S/c1-16-4-12-21(13-5-16)35(32,33)26(3)20-10-7-18(8-11-20)24(29)34-15-23(28)25-19-9-6-17(2)22(14-19)27(30)31/h4-14H,15H2,1-3H3,(H,25,28). The summed E-state index contributed by atoms with van der Waals surface area (Å²) in [7, 11) is -2.38. The summed E-state index contributed by atoms with van der Waals surface area (Å²) in [6.45, 7) is 2.83. The molecule has 1 N–H and O–H groups in total. The van der Waals surface area contributed by atoms with Crippen LogP contribution < -0.4 is 9.62 Å². The molecule has 0 unspecified atom stereocenters. The predicted molar refractivity (Wildman–Crippen MR) is 130 cm³/mol. The van der Waals surface area contributed by atoms with Crippen LogP contribution in [0.4, 0.5) is 17.1 Å². The summed E-state index contributed by atoms with van der Waals surface area (Å²) in [5.41, 5.74) is 1.89. The molecule has 1 amide bonds. The average Bonchev–Trinajstić information content (AvgIpc) is 2.83. The molecule has 0 aliphatic carbocycles. The molecule has 0 saturated heterocycles. The number of aryl methyl sites for hydroxylation is 2. The van der Waals surface area contributed by atoms with E-state index in [1.54, 1.807) is 19.1 Å². The predicted octanol–water partition coefficient (Wildman–Crippen LogP) is 3.83. The highest BCUT2D eigenvalue weighted by atomic mass is 32.2. The number of carbonyl (C=O) groups excluding carboxylic acids is 2. The zero-order chi connectivity index (χ0) is 25.8. The number of benzene rings is 3. The minimum Gasteiger partial charge on any atom is -0.452 e. The molecule has 0 spiro atoms. The molecule has 3 rings (SSSR count). The zero-order valence-corrected chi connectivity index (χ0v) is 20.0. The number of anilines is 2. The van der Waals surface area contributed by atoms with E-state index in [0.29, 0.717) is 11.3 Å². The van der Waals surface area contributed by atoms with E-state index in [2.05, 4.69) is 5.32 Å². The molecule has 182 valence electrons. The molecule has 0 radical (unpaired) electrons. The van der Waals surface area contributed by atoms with Crippen molar-refractivity contribution in [3.05, 3.63) is 93.5 Å². The lowest BCUT2D eigenvalue weighted by Crippen LogP contribution is -2.26. The molecule has 0 saturated carbocycles. The van der Waals surface area contributed by atoms with Gasteiger partial charge in [-0.15, -0.1) is 0 Å². The number of hydrogen-bond donors (Lipinski definition) is 1. The molecule has 11 heteroatoms. The van der Waals surface area contributed by atoms with Crippen LogP contribution in [-0.2, 0) is 19.6 Å². The monoisotopic (exact) mass is 497 g/mol. The van der Waals surface area contributed by atoms with Crippen LogP contribution in [0.25, 0.3) is 0 Å². The molecule has 0 atom stereocenters. The van der Waals surface area contributed by atoms with Gasteiger partial charge in [-0.2, -0.15) is 0 Å². The number of amides is 1. The van der Waals surface area contributed by atoms with Crippen LogP contribution >= 0.6 is 0 Å². The lowest BCUT2D eigenvalue weighted by molar-refractivity contribution is -0.385. The number of sulfonamides is 1. The van der Waals surface area contributed by atoms with Gasteiger partial charge in [0, 0.05) is 24.4 Å². The third-order valence-electron chi connectivity index (χ3n) is 5.17. The summed E-state index contributed by atoms with van der Waals surface area (Å²) in [6.07, 6.45) is 0. The Morgan fingerprint density at radius 3 is 2.23 bits per heavy atom. The van der Waals surface area contributed by atoms with Crippen molar-refractivity contribution in [1.29, 1.82) is 0 Å². The quantitative estimate of drug-likeness (QED) is 0.284. The van der Waals surface area contributed by atoms with Crippen LogP contribution in [0.3, 0.4) is 0 Å². The highest BCUT2D eigenvalue weighted by Crippen LogP contribution is 2.24. The maximum absolute atomic E-state index is 12.8. The number of carbonyl (C=O) groups is 2. The van der Waals surface area contributed by atoms with Crippen molar-refractivity contribution in [2.24, 2.45) is 0 Å². The smallest absolute Gasteiger partial charge is 0.338 e. The minimum absolute atomic E-state index is 0.119. The van der Waals surface area contributed by atoms with E-state index in [4.69, 9.17) is 4.74 Å². The van der Waals surface area contributed by atoms with Gasteiger partial charge in [-0.25, -0.2) is 13.2 Å². The summed E-state index contributed by atoms with van der Waals surface area (Å²) in [4.78, 5) is 35.0. The Morgan fingerprint density at radius 1 is 1.00 bits per heavy atom. The van der Waals surface area contributed by atoms with Gasteiger partial charge in [0.05, 0.1) is 21.1 Å². The summed E-state index contributed by atoms with van der Waals surface area (Å²) >= 11 is 0. The SMILES string of the molecule is Cc1ccc(S(=O)(=O)N(C)c2ccc(C(=O)OCC(=O)Nc3ccc(C)c([N+](=O)[O-])c3)cc2)cc1. The zero-order valence-electron chi connectivity index (χ0n) is 19.2. The van der Waals surface area contributed by atoms with Crippen LogP contribution in [0, 0.1) is 24.0 Å². The number of rotatable bonds is 8.